The smallest absolute Gasteiger partial charge is 0.466 e. The largest absolute Gasteiger partial charge is 0.573 e. The van der Waals surface area contributed by atoms with Gasteiger partial charge in [-0.3, -0.25) is 9.59 Å². The summed E-state index contributed by atoms with van der Waals surface area (Å²) in [5.74, 6) is -6.62. The van der Waals surface area contributed by atoms with Crippen molar-refractivity contribution in [1.29, 1.82) is 0 Å². The molecule has 1 fully saturated rings. The summed E-state index contributed by atoms with van der Waals surface area (Å²) in [7, 11) is 0. The Morgan fingerprint density at radius 3 is 2.45 bits per heavy atom. The lowest BCUT2D eigenvalue weighted by Crippen LogP contribution is -2.66. The summed E-state index contributed by atoms with van der Waals surface area (Å²) in [6, 6.07) is 8.82. The van der Waals surface area contributed by atoms with Gasteiger partial charge >= 0.3 is 18.5 Å². The van der Waals surface area contributed by atoms with E-state index < -0.39 is 71.0 Å². The standard InChI is InChI=1S/C25H22F6N4O5/c1-2-38-22(37)14-10-12-35(17-9-5-6-11-33-17)23(32,13-14)19(36)18-20(24(26,27)28)39-21(34-18)15-7-3-4-8-16(15)40-25(29,30)31/h3-9,11,14H,2,10,12-13,32H2,1H3. The molecule has 1 aromatic carbocycles. The van der Waals surface area contributed by atoms with Crippen LogP contribution in [-0.4, -0.2) is 46.9 Å². The van der Waals surface area contributed by atoms with Crippen LogP contribution in [-0.2, 0) is 15.7 Å². The van der Waals surface area contributed by atoms with Crippen molar-refractivity contribution < 1.29 is 49.8 Å². The van der Waals surface area contributed by atoms with Crippen molar-refractivity contribution in [1.82, 2.24) is 9.97 Å². The number of pyridine rings is 1. The predicted molar refractivity (Wildman–Crippen MR) is 126 cm³/mol. The summed E-state index contributed by atoms with van der Waals surface area (Å²) in [5.41, 5.74) is 2.35. The molecule has 1 saturated heterocycles. The number of para-hydroxylation sites is 1. The zero-order valence-electron chi connectivity index (χ0n) is 20.8. The highest BCUT2D eigenvalue weighted by Crippen LogP contribution is 2.42. The number of halogens is 6. The van der Waals surface area contributed by atoms with Gasteiger partial charge in [-0.05, 0) is 37.6 Å². The quantitative estimate of drug-likeness (QED) is 0.238. The number of ether oxygens (including phenoxy) is 2. The fourth-order valence-corrected chi connectivity index (χ4v) is 4.42. The Labute approximate surface area is 222 Å². The molecule has 214 valence electrons. The lowest BCUT2D eigenvalue weighted by Gasteiger charge is -2.45. The number of hydrogen-bond donors (Lipinski definition) is 1. The third-order valence-electron chi connectivity index (χ3n) is 6.12. The van der Waals surface area contributed by atoms with Crippen LogP contribution in [0.1, 0.15) is 36.0 Å². The van der Waals surface area contributed by atoms with Gasteiger partial charge in [0.15, 0.2) is 11.4 Å². The molecule has 2 N–H and O–H groups in total. The van der Waals surface area contributed by atoms with E-state index in [1.54, 1.807) is 19.1 Å². The number of oxazole rings is 1. The number of benzene rings is 1. The number of carbonyl (C=O) groups excluding carboxylic acids is 2. The van der Waals surface area contributed by atoms with Gasteiger partial charge in [0.25, 0.3) is 0 Å². The highest BCUT2D eigenvalue weighted by molar-refractivity contribution is 6.05. The Hall–Kier alpha value is -4.14. The normalized spacial score (nSPS) is 19.8. The van der Waals surface area contributed by atoms with Crippen LogP contribution in [0.5, 0.6) is 5.75 Å². The molecule has 3 heterocycles. The number of ketones is 1. The number of anilines is 1. The maximum Gasteiger partial charge on any atom is 0.573 e. The minimum absolute atomic E-state index is 0.0229. The molecule has 0 radical (unpaired) electrons. The Morgan fingerprint density at radius 1 is 1.12 bits per heavy atom. The van der Waals surface area contributed by atoms with E-state index in [4.69, 9.17) is 14.9 Å². The van der Waals surface area contributed by atoms with Crippen molar-refractivity contribution in [2.75, 3.05) is 18.1 Å². The van der Waals surface area contributed by atoms with Crippen LogP contribution in [0.2, 0.25) is 0 Å². The predicted octanol–water partition coefficient (Wildman–Crippen LogP) is 4.97. The van der Waals surface area contributed by atoms with Gasteiger partial charge in [-0.2, -0.15) is 13.2 Å². The molecule has 40 heavy (non-hydrogen) atoms. The number of alkyl halides is 6. The molecule has 15 heteroatoms. The van der Waals surface area contributed by atoms with Crippen LogP contribution in [0.15, 0.2) is 53.1 Å². The molecule has 1 aliphatic rings. The van der Waals surface area contributed by atoms with Crippen LogP contribution >= 0.6 is 0 Å². The van der Waals surface area contributed by atoms with Gasteiger partial charge in [0, 0.05) is 19.2 Å². The van der Waals surface area contributed by atoms with Gasteiger partial charge in [0.1, 0.15) is 11.6 Å². The number of aromatic nitrogens is 2. The molecule has 0 amide bonds. The highest BCUT2D eigenvalue weighted by Gasteiger charge is 2.53. The molecule has 0 saturated carbocycles. The Bertz CT molecular complexity index is 1380. The molecule has 0 aliphatic carbocycles. The monoisotopic (exact) mass is 572 g/mol. The van der Waals surface area contributed by atoms with Crippen molar-refractivity contribution in [3.63, 3.8) is 0 Å². The average molecular weight is 572 g/mol. The van der Waals surface area contributed by atoms with Crippen molar-refractivity contribution >= 4 is 17.6 Å². The number of hydrogen-bond acceptors (Lipinski definition) is 9. The second-order valence-corrected chi connectivity index (χ2v) is 8.77. The first kappa shape index (κ1) is 28.9. The van der Waals surface area contributed by atoms with Crippen LogP contribution in [0.3, 0.4) is 0 Å². The fraction of sp³-hybridized carbons (Fsp3) is 0.360. The topological polar surface area (TPSA) is 121 Å². The molecule has 2 atom stereocenters. The minimum Gasteiger partial charge on any atom is -0.466 e. The third-order valence-corrected chi connectivity index (χ3v) is 6.12. The average Bonchev–Trinajstić information content (AvgIpc) is 3.34. The number of rotatable bonds is 7. The summed E-state index contributed by atoms with van der Waals surface area (Å²) >= 11 is 0. The van der Waals surface area contributed by atoms with Crippen molar-refractivity contribution in [2.45, 2.75) is 38.0 Å². The molecule has 1 aliphatic heterocycles. The molecule has 0 spiro atoms. The highest BCUT2D eigenvalue weighted by atomic mass is 19.4. The number of Topliss-reactive ketones (excluding diaryl/α,β-unsaturated/α-hetero) is 1. The summed E-state index contributed by atoms with van der Waals surface area (Å²) in [4.78, 5) is 35.4. The molecular formula is C25H22F6N4O5. The first-order chi connectivity index (χ1) is 18.7. The maximum atomic E-state index is 14.1. The molecule has 4 rings (SSSR count). The Kier molecular flexibility index (Phi) is 7.78. The number of nitrogens with two attached hydrogens (primary N) is 1. The van der Waals surface area contributed by atoms with Crippen molar-refractivity contribution in [3.05, 3.63) is 60.1 Å². The minimum atomic E-state index is -5.29. The first-order valence-corrected chi connectivity index (χ1v) is 11.9. The summed E-state index contributed by atoms with van der Waals surface area (Å²) < 4.78 is 94.8. The van der Waals surface area contributed by atoms with E-state index in [9.17, 15) is 35.9 Å². The van der Waals surface area contributed by atoms with Gasteiger partial charge in [-0.1, -0.05) is 18.2 Å². The van der Waals surface area contributed by atoms with Crippen molar-refractivity contribution in [2.24, 2.45) is 11.7 Å². The maximum absolute atomic E-state index is 14.1. The SMILES string of the molecule is CCOC(=O)C1CCN(c2ccccn2)C(N)(C(=O)c2nc(-c3ccccc3OC(F)(F)F)oc2C(F)(F)F)C1. The van der Waals surface area contributed by atoms with E-state index in [0.29, 0.717) is 0 Å². The van der Waals surface area contributed by atoms with Crippen LogP contribution in [0, 0.1) is 5.92 Å². The Balaban J connectivity index is 1.84. The lowest BCUT2D eigenvalue weighted by molar-refractivity contribution is -0.274. The molecular weight excluding hydrogens is 550 g/mol. The van der Waals surface area contributed by atoms with Gasteiger partial charge < -0.3 is 24.5 Å². The van der Waals surface area contributed by atoms with E-state index in [-0.39, 0.29) is 25.4 Å². The van der Waals surface area contributed by atoms with Gasteiger partial charge in [-0.25, -0.2) is 9.97 Å². The number of nitrogens with zero attached hydrogens (tertiary/aromatic N) is 3. The van der Waals surface area contributed by atoms with Gasteiger partial charge in [-0.15, -0.1) is 13.2 Å². The summed E-state index contributed by atoms with van der Waals surface area (Å²) in [6.45, 7) is 1.53. The number of carbonyl (C=O) groups is 2. The molecule has 2 aromatic heterocycles. The zero-order chi connectivity index (χ0) is 29.3. The number of piperidine rings is 1. The van der Waals surface area contributed by atoms with Gasteiger partial charge in [0.05, 0.1) is 18.1 Å². The molecule has 9 nitrogen and oxygen atoms in total. The fourth-order valence-electron chi connectivity index (χ4n) is 4.42. The van der Waals surface area contributed by atoms with Crippen LogP contribution in [0.25, 0.3) is 11.5 Å². The second-order valence-electron chi connectivity index (χ2n) is 8.77. The van der Waals surface area contributed by atoms with E-state index in [0.717, 1.165) is 18.2 Å². The van der Waals surface area contributed by atoms with Crippen molar-refractivity contribution in [3.8, 4) is 17.2 Å². The first-order valence-electron chi connectivity index (χ1n) is 11.9. The number of esters is 1. The van der Waals surface area contributed by atoms with E-state index >= 15 is 0 Å². The molecule has 2 unspecified atom stereocenters. The summed E-state index contributed by atoms with van der Waals surface area (Å²) in [5, 5.41) is 0. The zero-order valence-corrected chi connectivity index (χ0v) is 20.8. The van der Waals surface area contributed by atoms with E-state index in [2.05, 4.69) is 14.7 Å². The lowest BCUT2D eigenvalue weighted by atomic mass is 9.82. The van der Waals surface area contributed by atoms with Crippen LogP contribution in [0.4, 0.5) is 32.2 Å². The summed E-state index contributed by atoms with van der Waals surface area (Å²) in [6.07, 6.45) is -9.40. The molecule has 0 bridgehead atoms. The van der Waals surface area contributed by atoms with E-state index in [1.807, 2.05) is 0 Å². The second kappa shape index (κ2) is 10.8. The van der Waals surface area contributed by atoms with E-state index in [1.165, 1.54) is 23.2 Å². The Morgan fingerprint density at radius 2 is 1.82 bits per heavy atom. The third kappa shape index (κ3) is 5.88. The molecule has 3 aromatic rings. The van der Waals surface area contributed by atoms with Gasteiger partial charge in [0.2, 0.25) is 17.4 Å². The van der Waals surface area contributed by atoms with Crippen LogP contribution < -0.4 is 15.4 Å².